The average molecular weight is 373 g/mol. The van der Waals surface area contributed by atoms with Crippen LogP contribution in [0.4, 0.5) is 0 Å². The topological polar surface area (TPSA) is 105 Å². The van der Waals surface area contributed by atoms with Gasteiger partial charge in [0, 0.05) is 13.1 Å². The van der Waals surface area contributed by atoms with Gasteiger partial charge >= 0.3 is 11.9 Å². The Morgan fingerprint density at radius 3 is 2.00 bits per heavy atom. The van der Waals surface area contributed by atoms with Crippen molar-refractivity contribution < 1.29 is 29.3 Å². The summed E-state index contributed by atoms with van der Waals surface area (Å²) < 4.78 is 11.3. The van der Waals surface area contributed by atoms with Crippen LogP contribution in [-0.2, 0) is 16.2 Å². The Morgan fingerprint density at radius 2 is 1.48 bits per heavy atom. The largest absolute Gasteiger partial charge is 0.492 e. The molecule has 0 saturated carbocycles. The van der Waals surface area contributed by atoms with Crippen molar-refractivity contribution in [3.63, 3.8) is 0 Å². The predicted molar refractivity (Wildman–Crippen MR) is 101 cm³/mol. The molecular weight excluding hydrogens is 350 g/mol. The zero-order chi connectivity index (χ0) is 19.9. The van der Waals surface area contributed by atoms with Gasteiger partial charge in [0.15, 0.2) is 0 Å². The SMILES string of the molecule is C=CCNCCOc1ccc(OCc2ccccc2)cc1.O=C(O)C(=O)O. The van der Waals surface area contributed by atoms with E-state index in [1.165, 1.54) is 0 Å². The predicted octanol–water partition coefficient (Wildman–Crippen LogP) is 2.58. The molecule has 27 heavy (non-hydrogen) atoms. The van der Waals surface area contributed by atoms with E-state index in [1.807, 2.05) is 60.7 Å². The highest BCUT2D eigenvalue weighted by molar-refractivity contribution is 6.27. The minimum Gasteiger partial charge on any atom is -0.492 e. The molecule has 7 nitrogen and oxygen atoms in total. The van der Waals surface area contributed by atoms with Gasteiger partial charge in [0.1, 0.15) is 24.7 Å². The molecule has 0 aliphatic heterocycles. The van der Waals surface area contributed by atoms with E-state index >= 15 is 0 Å². The Morgan fingerprint density at radius 1 is 0.926 bits per heavy atom. The molecule has 144 valence electrons. The third-order valence-electron chi connectivity index (χ3n) is 3.09. The summed E-state index contributed by atoms with van der Waals surface area (Å²) in [5.74, 6) is -1.96. The van der Waals surface area contributed by atoms with Crippen LogP contribution < -0.4 is 14.8 Å². The number of carbonyl (C=O) groups is 2. The fourth-order valence-corrected chi connectivity index (χ4v) is 1.82. The molecule has 0 heterocycles. The monoisotopic (exact) mass is 373 g/mol. The Kier molecular flexibility index (Phi) is 10.4. The van der Waals surface area contributed by atoms with Crippen LogP contribution in [0, 0.1) is 0 Å². The van der Waals surface area contributed by atoms with Crippen molar-refractivity contribution in [2.45, 2.75) is 6.61 Å². The van der Waals surface area contributed by atoms with E-state index in [2.05, 4.69) is 11.9 Å². The van der Waals surface area contributed by atoms with Crippen LogP contribution >= 0.6 is 0 Å². The van der Waals surface area contributed by atoms with Crippen LogP contribution in [-0.4, -0.2) is 41.8 Å². The van der Waals surface area contributed by atoms with Gasteiger partial charge in [0.25, 0.3) is 0 Å². The smallest absolute Gasteiger partial charge is 0.414 e. The number of hydrogen-bond donors (Lipinski definition) is 3. The summed E-state index contributed by atoms with van der Waals surface area (Å²) in [7, 11) is 0. The maximum Gasteiger partial charge on any atom is 0.414 e. The highest BCUT2D eigenvalue weighted by Crippen LogP contribution is 2.18. The molecule has 0 spiro atoms. The molecule has 3 N–H and O–H groups in total. The van der Waals surface area contributed by atoms with Crippen LogP contribution in [0.25, 0.3) is 0 Å². The number of carboxylic acids is 2. The first-order valence-electron chi connectivity index (χ1n) is 8.20. The van der Waals surface area contributed by atoms with Crippen molar-refractivity contribution >= 4 is 11.9 Å². The Bertz CT molecular complexity index is 688. The lowest BCUT2D eigenvalue weighted by molar-refractivity contribution is -0.159. The molecule has 2 aromatic carbocycles. The van der Waals surface area contributed by atoms with Gasteiger partial charge in [-0.1, -0.05) is 36.4 Å². The van der Waals surface area contributed by atoms with Crippen molar-refractivity contribution in [1.82, 2.24) is 5.32 Å². The first kappa shape index (κ1) is 21.7. The van der Waals surface area contributed by atoms with E-state index < -0.39 is 11.9 Å². The lowest BCUT2D eigenvalue weighted by Crippen LogP contribution is -2.20. The minimum atomic E-state index is -1.82. The number of carboxylic acid groups (broad SMARTS) is 2. The van der Waals surface area contributed by atoms with E-state index in [0.29, 0.717) is 13.2 Å². The summed E-state index contributed by atoms with van der Waals surface area (Å²) >= 11 is 0. The summed E-state index contributed by atoms with van der Waals surface area (Å²) in [6.07, 6.45) is 1.83. The van der Waals surface area contributed by atoms with Crippen molar-refractivity contribution in [3.8, 4) is 11.5 Å². The fraction of sp³-hybridized carbons (Fsp3) is 0.200. The van der Waals surface area contributed by atoms with Gasteiger partial charge in [0.05, 0.1) is 0 Å². The molecule has 0 aliphatic rings. The summed E-state index contributed by atoms with van der Waals surface area (Å²) in [6, 6.07) is 17.8. The van der Waals surface area contributed by atoms with Crippen LogP contribution in [0.1, 0.15) is 5.56 Å². The number of ether oxygens (including phenoxy) is 2. The first-order valence-corrected chi connectivity index (χ1v) is 8.20. The Hall–Kier alpha value is -3.32. The number of aliphatic carboxylic acids is 2. The zero-order valence-corrected chi connectivity index (χ0v) is 14.8. The van der Waals surface area contributed by atoms with Gasteiger partial charge < -0.3 is 25.0 Å². The molecule has 2 aromatic rings. The molecule has 2 rings (SSSR count). The molecule has 0 fully saturated rings. The standard InChI is InChI=1S/C18H21NO2.C2H2O4/c1-2-12-19-13-14-20-17-8-10-18(11-9-17)21-15-16-6-4-3-5-7-16;3-1(4)2(5)6/h2-11,19H,1,12-15H2;(H,3,4)(H,5,6). The second kappa shape index (κ2) is 13.0. The number of nitrogens with one attached hydrogen (secondary N) is 1. The third-order valence-corrected chi connectivity index (χ3v) is 3.09. The molecule has 0 aromatic heterocycles. The molecule has 0 aliphatic carbocycles. The van der Waals surface area contributed by atoms with Crippen LogP contribution in [0.2, 0.25) is 0 Å². The Balaban J connectivity index is 0.000000527. The lowest BCUT2D eigenvalue weighted by atomic mass is 10.2. The summed E-state index contributed by atoms with van der Waals surface area (Å²) in [5, 5.41) is 18.0. The third kappa shape index (κ3) is 10.3. The number of hydrogen-bond acceptors (Lipinski definition) is 5. The molecule has 0 unspecified atom stereocenters. The van der Waals surface area contributed by atoms with E-state index in [-0.39, 0.29) is 0 Å². The van der Waals surface area contributed by atoms with Crippen molar-refractivity contribution in [1.29, 1.82) is 0 Å². The minimum absolute atomic E-state index is 0.576. The lowest BCUT2D eigenvalue weighted by Gasteiger charge is -2.09. The second-order valence-electron chi connectivity index (χ2n) is 5.20. The highest BCUT2D eigenvalue weighted by atomic mass is 16.5. The van der Waals surface area contributed by atoms with E-state index in [4.69, 9.17) is 29.3 Å². The van der Waals surface area contributed by atoms with Gasteiger partial charge in [-0.3, -0.25) is 0 Å². The Labute approximate surface area is 157 Å². The maximum absolute atomic E-state index is 9.10. The molecule has 0 amide bonds. The summed E-state index contributed by atoms with van der Waals surface area (Å²) in [4.78, 5) is 18.2. The molecule has 0 bridgehead atoms. The van der Waals surface area contributed by atoms with Crippen LogP contribution in [0.3, 0.4) is 0 Å². The summed E-state index contributed by atoms with van der Waals surface area (Å²) in [5.41, 5.74) is 1.16. The normalized spacial score (nSPS) is 9.48. The molecular formula is C20H23NO6. The van der Waals surface area contributed by atoms with Crippen molar-refractivity contribution in [3.05, 3.63) is 72.8 Å². The van der Waals surface area contributed by atoms with E-state index in [1.54, 1.807) is 0 Å². The molecule has 0 atom stereocenters. The number of rotatable bonds is 9. The van der Waals surface area contributed by atoms with Crippen molar-refractivity contribution in [2.24, 2.45) is 0 Å². The van der Waals surface area contributed by atoms with Gasteiger partial charge in [-0.2, -0.15) is 0 Å². The van der Waals surface area contributed by atoms with Gasteiger partial charge in [-0.25, -0.2) is 9.59 Å². The van der Waals surface area contributed by atoms with E-state index in [0.717, 1.165) is 30.2 Å². The highest BCUT2D eigenvalue weighted by Gasteiger charge is 2.04. The van der Waals surface area contributed by atoms with Gasteiger partial charge in [0.2, 0.25) is 0 Å². The molecule has 0 radical (unpaired) electrons. The fourth-order valence-electron chi connectivity index (χ4n) is 1.82. The average Bonchev–Trinajstić information content (AvgIpc) is 2.68. The van der Waals surface area contributed by atoms with E-state index in [9.17, 15) is 0 Å². The van der Waals surface area contributed by atoms with Gasteiger partial charge in [-0.15, -0.1) is 6.58 Å². The van der Waals surface area contributed by atoms with Gasteiger partial charge in [-0.05, 0) is 29.8 Å². The van der Waals surface area contributed by atoms with Crippen LogP contribution in [0.5, 0.6) is 11.5 Å². The van der Waals surface area contributed by atoms with Crippen LogP contribution in [0.15, 0.2) is 67.3 Å². The maximum atomic E-state index is 9.10. The first-order chi connectivity index (χ1) is 13.0. The van der Waals surface area contributed by atoms with Crippen molar-refractivity contribution in [2.75, 3.05) is 19.7 Å². The molecule has 7 heteroatoms. The number of benzene rings is 2. The molecule has 0 saturated heterocycles. The summed E-state index contributed by atoms with van der Waals surface area (Å²) in [6.45, 7) is 6.47. The second-order valence-corrected chi connectivity index (χ2v) is 5.20. The zero-order valence-electron chi connectivity index (χ0n) is 14.8. The quantitative estimate of drug-likeness (QED) is 0.352.